The third-order valence-electron chi connectivity index (χ3n) is 3.65. The standard InChI is InChI=1S/C15H26N4O/c1-4-19-14(9-13(18-19)8-11(2)3)15(20)17-10-12-6-5-7-16-12/h9,11-12,16H,4-8,10H2,1-3H3,(H,17,20)/t12-/m1/s1. The van der Waals surface area contributed by atoms with Crippen LogP contribution in [0.15, 0.2) is 6.07 Å². The van der Waals surface area contributed by atoms with Gasteiger partial charge in [0.25, 0.3) is 5.91 Å². The van der Waals surface area contributed by atoms with Gasteiger partial charge in [-0.15, -0.1) is 0 Å². The second-order valence-corrected chi connectivity index (χ2v) is 5.94. The summed E-state index contributed by atoms with van der Waals surface area (Å²) >= 11 is 0. The molecule has 2 heterocycles. The van der Waals surface area contributed by atoms with Gasteiger partial charge in [-0.05, 0) is 44.7 Å². The van der Waals surface area contributed by atoms with Crippen LogP contribution in [0.25, 0.3) is 0 Å². The summed E-state index contributed by atoms with van der Waals surface area (Å²) in [7, 11) is 0. The van der Waals surface area contributed by atoms with E-state index in [9.17, 15) is 4.79 Å². The molecule has 112 valence electrons. The van der Waals surface area contributed by atoms with Crippen LogP contribution in [0.5, 0.6) is 0 Å². The Bertz CT molecular complexity index is 447. The Balaban J connectivity index is 1.98. The molecule has 1 aliphatic heterocycles. The van der Waals surface area contributed by atoms with Crippen molar-refractivity contribution in [3.05, 3.63) is 17.5 Å². The van der Waals surface area contributed by atoms with Crippen molar-refractivity contribution in [2.75, 3.05) is 13.1 Å². The number of hydrogen-bond acceptors (Lipinski definition) is 3. The number of aromatic nitrogens is 2. The Hall–Kier alpha value is -1.36. The van der Waals surface area contributed by atoms with Crippen LogP contribution in [0.4, 0.5) is 0 Å². The molecule has 2 N–H and O–H groups in total. The van der Waals surface area contributed by atoms with Gasteiger partial charge in [-0.3, -0.25) is 9.48 Å². The quantitative estimate of drug-likeness (QED) is 0.830. The molecule has 1 fully saturated rings. The molecule has 0 unspecified atom stereocenters. The van der Waals surface area contributed by atoms with Gasteiger partial charge in [0.1, 0.15) is 5.69 Å². The Morgan fingerprint density at radius 2 is 2.40 bits per heavy atom. The van der Waals surface area contributed by atoms with Crippen molar-refractivity contribution in [2.24, 2.45) is 5.92 Å². The molecule has 0 spiro atoms. The van der Waals surface area contributed by atoms with E-state index in [1.807, 2.05) is 13.0 Å². The predicted molar refractivity (Wildman–Crippen MR) is 79.8 cm³/mol. The molecule has 1 amide bonds. The van der Waals surface area contributed by atoms with E-state index >= 15 is 0 Å². The zero-order chi connectivity index (χ0) is 14.5. The molecule has 0 aromatic carbocycles. The lowest BCUT2D eigenvalue weighted by Gasteiger charge is -2.11. The maximum atomic E-state index is 12.3. The topological polar surface area (TPSA) is 59.0 Å². The highest BCUT2D eigenvalue weighted by Crippen LogP contribution is 2.10. The van der Waals surface area contributed by atoms with Gasteiger partial charge >= 0.3 is 0 Å². The minimum Gasteiger partial charge on any atom is -0.349 e. The van der Waals surface area contributed by atoms with Gasteiger partial charge in [0.05, 0.1) is 5.69 Å². The van der Waals surface area contributed by atoms with Crippen LogP contribution in [0.2, 0.25) is 0 Å². The monoisotopic (exact) mass is 278 g/mol. The Kier molecular flexibility index (Phi) is 5.17. The van der Waals surface area contributed by atoms with Crippen molar-refractivity contribution < 1.29 is 4.79 Å². The van der Waals surface area contributed by atoms with Gasteiger partial charge in [-0.2, -0.15) is 5.10 Å². The lowest BCUT2D eigenvalue weighted by Crippen LogP contribution is -2.37. The third kappa shape index (κ3) is 3.82. The van der Waals surface area contributed by atoms with Crippen LogP contribution in [-0.4, -0.2) is 34.8 Å². The highest BCUT2D eigenvalue weighted by molar-refractivity contribution is 5.92. The van der Waals surface area contributed by atoms with Crippen LogP contribution in [0, 0.1) is 5.92 Å². The predicted octanol–water partition coefficient (Wildman–Crippen LogP) is 1.58. The summed E-state index contributed by atoms with van der Waals surface area (Å²) in [6, 6.07) is 2.35. The summed E-state index contributed by atoms with van der Waals surface area (Å²) < 4.78 is 1.80. The molecule has 2 rings (SSSR count). The average molecular weight is 278 g/mol. The molecular formula is C15H26N4O. The van der Waals surface area contributed by atoms with E-state index < -0.39 is 0 Å². The highest BCUT2D eigenvalue weighted by Gasteiger charge is 2.18. The van der Waals surface area contributed by atoms with E-state index in [4.69, 9.17) is 0 Å². The molecule has 0 aliphatic carbocycles. The Morgan fingerprint density at radius 3 is 3.00 bits per heavy atom. The van der Waals surface area contributed by atoms with Gasteiger partial charge in [-0.25, -0.2) is 0 Å². The average Bonchev–Trinajstić information content (AvgIpc) is 3.04. The Labute approximate surface area is 121 Å². The number of carbonyl (C=O) groups excluding carboxylic acids is 1. The molecule has 1 aliphatic rings. The van der Waals surface area contributed by atoms with Gasteiger partial charge in [0.2, 0.25) is 0 Å². The molecule has 5 nitrogen and oxygen atoms in total. The first-order valence-electron chi connectivity index (χ1n) is 7.68. The van der Waals surface area contributed by atoms with E-state index in [0.29, 0.717) is 24.2 Å². The van der Waals surface area contributed by atoms with Gasteiger partial charge < -0.3 is 10.6 Å². The van der Waals surface area contributed by atoms with Crippen molar-refractivity contribution >= 4 is 5.91 Å². The zero-order valence-electron chi connectivity index (χ0n) is 12.8. The molecule has 1 atom stereocenters. The molecule has 5 heteroatoms. The van der Waals surface area contributed by atoms with E-state index in [1.54, 1.807) is 4.68 Å². The van der Waals surface area contributed by atoms with Gasteiger partial charge in [0, 0.05) is 19.1 Å². The molecule has 0 radical (unpaired) electrons. The fourth-order valence-electron chi connectivity index (χ4n) is 2.65. The first-order chi connectivity index (χ1) is 9.60. The van der Waals surface area contributed by atoms with E-state index in [2.05, 4.69) is 29.6 Å². The van der Waals surface area contributed by atoms with Crippen molar-refractivity contribution in [1.82, 2.24) is 20.4 Å². The molecule has 1 aromatic rings. The first-order valence-corrected chi connectivity index (χ1v) is 7.68. The second-order valence-electron chi connectivity index (χ2n) is 5.94. The number of nitrogens with one attached hydrogen (secondary N) is 2. The highest BCUT2D eigenvalue weighted by atomic mass is 16.2. The lowest BCUT2D eigenvalue weighted by molar-refractivity contribution is 0.0939. The molecular weight excluding hydrogens is 252 g/mol. The molecule has 1 aromatic heterocycles. The molecule has 0 bridgehead atoms. The van der Waals surface area contributed by atoms with Crippen molar-refractivity contribution in [3.8, 4) is 0 Å². The molecule has 0 saturated carbocycles. The second kappa shape index (κ2) is 6.88. The first kappa shape index (κ1) is 15.0. The lowest BCUT2D eigenvalue weighted by atomic mass is 10.1. The largest absolute Gasteiger partial charge is 0.349 e. The summed E-state index contributed by atoms with van der Waals surface area (Å²) in [5.41, 5.74) is 1.69. The summed E-state index contributed by atoms with van der Waals surface area (Å²) in [4.78, 5) is 12.3. The number of rotatable bonds is 6. The maximum absolute atomic E-state index is 12.3. The summed E-state index contributed by atoms with van der Waals surface area (Å²) in [5, 5.41) is 10.9. The van der Waals surface area contributed by atoms with E-state index in [-0.39, 0.29) is 5.91 Å². The number of amides is 1. The number of aryl methyl sites for hydroxylation is 1. The van der Waals surface area contributed by atoms with Crippen molar-refractivity contribution in [1.29, 1.82) is 0 Å². The van der Waals surface area contributed by atoms with Crippen molar-refractivity contribution in [3.63, 3.8) is 0 Å². The third-order valence-corrected chi connectivity index (χ3v) is 3.65. The summed E-state index contributed by atoms with van der Waals surface area (Å²) in [5.74, 6) is 0.539. The van der Waals surface area contributed by atoms with Crippen LogP contribution < -0.4 is 10.6 Å². The molecule has 20 heavy (non-hydrogen) atoms. The smallest absolute Gasteiger partial charge is 0.269 e. The maximum Gasteiger partial charge on any atom is 0.269 e. The van der Waals surface area contributed by atoms with E-state index in [1.165, 1.54) is 6.42 Å². The fourth-order valence-corrected chi connectivity index (χ4v) is 2.65. The summed E-state index contributed by atoms with van der Waals surface area (Å²) in [6.45, 7) is 8.83. The molecule has 1 saturated heterocycles. The number of carbonyl (C=O) groups is 1. The SMILES string of the molecule is CCn1nc(CC(C)C)cc1C(=O)NC[C@H]1CCCN1. The van der Waals surface area contributed by atoms with Crippen LogP contribution in [0.1, 0.15) is 49.8 Å². The fraction of sp³-hybridized carbons (Fsp3) is 0.733. The number of hydrogen-bond donors (Lipinski definition) is 2. The van der Waals surface area contributed by atoms with Gasteiger partial charge in [-0.1, -0.05) is 13.8 Å². The van der Waals surface area contributed by atoms with Crippen LogP contribution in [-0.2, 0) is 13.0 Å². The minimum atomic E-state index is -0.0111. The van der Waals surface area contributed by atoms with Gasteiger partial charge in [0.15, 0.2) is 0 Å². The Morgan fingerprint density at radius 1 is 1.60 bits per heavy atom. The van der Waals surface area contributed by atoms with Crippen molar-refractivity contribution in [2.45, 2.75) is 52.6 Å². The number of nitrogens with zero attached hydrogens (tertiary/aromatic N) is 2. The van der Waals surface area contributed by atoms with E-state index in [0.717, 1.165) is 31.6 Å². The normalized spacial score (nSPS) is 18.7. The minimum absolute atomic E-state index is 0.0111. The zero-order valence-corrected chi connectivity index (χ0v) is 12.8. The van der Waals surface area contributed by atoms with Crippen LogP contribution in [0.3, 0.4) is 0 Å². The van der Waals surface area contributed by atoms with Crippen LogP contribution >= 0.6 is 0 Å². The summed E-state index contributed by atoms with van der Waals surface area (Å²) in [6.07, 6.45) is 3.26.